The summed E-state index contributed by atoms with van der Waals surface area (Å²) in [6.45, 7) is -0.116. The van der Waals surface area contributed by atoms with Crippen molar-refractivity contribution in [2.45, 2.75) is 0 Å². The van der Waals surface area contributed by atoms with Gasteiger partial charge in [-0.2, -0.15) is 0 Å². The van der Waals surface area contributed by atoms with Crippen molar-refractivity contribution in [3.63, 3.8) is 0 Å². The average Bonchev–Trinajstić information content (AvgIpc) is 3.32. The van der Waals surface area contributed by atoms with E-state index in [0.717, 1.165) is 5.39 Å². The summed E-state index contributed by atoms with van der Waals surface area (Å²) in [7, 11) is 3.88. The van der Waals surface area contributed by atoms with E-state index in [9.17, 15) is 14.4 Å². The number of ether oxygens (including phenoxy) is 4. The fraction of sp³-hybridized carbons (Fsp3) is 0.208. The first-order valence-corrected chi connectivity index (χ1v) is 10.2. The molecule has 0 unspecified atom stereocenters. The molecule has 1 aliphatic rings. The molecule has 176 valence electrons. The zero-order valence-electron chi connectivity index (χ0n) is 18.7. The molecule has 1 amide bonds. The third-order valence-electron chi connectivity index (χ3n) is 5.23. The van der Waals surface area contributed by atoms with Crippen LogP contribution in [0.25, 0.3) is 11.0 Å². The molecule has 34 heavy (non-hydrogen) atoms. The van der Waals surface area contributed by atoms with Gasteiger partial charge in [-0.25, -0.2) is 9.59 Å². The number of nitrogens with zero attached hydrogens (tertiary/aromatic N) is 1. The topological polar surface area (TPSA) is 117 Å². The summed E-state index contributed by atoms with van der Waals surface area (Å²) in [6.07, 6.45) is 0. The van der Waals surface area contributed by atoms with Crippen molar-refractivity contribution in [2.24, 2.45) is 0 Å². The number of carbonyl (C=O) groups excluding carboxylic acids is 3. The second-order valence-electron chi connectivity index (χ2n) is 7.20. The molecule has 0 radical (unpaired) electrons. The Morgan fingerprint density at radius 2 is 1.74 bits per heavy atom. The van der Waals surface area contributed by atoms with Crippen molar-refractivity contribution >= 4 is 40.2 Å². The molecule has 0 spiro atoms. The van der Waals surface area contributed by atoms with E-state index in [4.69, 9.17) is 23.4 Å². The van der Waals surface area contributed by atoms with Gasteiger partial charge in [-0.1, -0.05) is 18.2 Å². The number of fused-ring (bicyclic) bond motifs is 1. The van der Waals surface area contributed by atoms with E-state index < -0.39 is 17.8 Å². The maximum Gasteiger partial charge on any atom is 0.355 e. The fourth-order valence-electron chi connectivity index (χ4n) is 3.58. The predicted molar refractivity (Wildman–Crippen MR) is 122 cm³/mol. The first-order valence-electron chi connectivity index (χ1n) is 10.2. The van der Waals surface area contributed by atoms with E-state index in [2.05, 4.69) is 5.32 Å². The van der Waals surface area contributed by atoms with Crippen molar-refractivity contribution in [3.8, 4) is 5.75 Å². The number of furan rings is 1. The molecule has 10 nitrogen and oxygen atoms in total. The van der Waals surface area contributed by atoms with Crippen molar-refractivity contribution in [3.05, 3.63) is 65.6 Å². The molecule has 1 N–H and O–H groups in total. The molecule has 1 aliphatic heterocycles. The van der Waals surface area contributed by atoms with Gasteiger partial charge < -0.3 is 33.6 Å². The van der Waals surface area contributed by atoms with Gasteiger partial charge in [0.15, 0.2) is 5.76 Å². The van der Waals surface area contributed by atoms with Gasteiger partial charge in [0, 0.05) is 17.1 Å². The van der Waals surface area contributed by atoms with E-state index in [1.807, 2.05) is 18.2 Å². The van der Waals surface area contributed by atoms with Crippen LogP contribution in [0.15, 0.2) is 64.2 Å². The van der Waals surface area contributed by atoms with Crippen LogP contribution in [0, 0.1) is 0 Å². The SMILES string of the molecule is COC(=O)C1=C(C(=O)OC)N(c2ccc(NC(=O)c3cc4ccccc4o3)c(OC)c2)COC1. The number of nitrogens with one attached hydrogen (secondary N) is 1. The number of hydrogen-bond acceptors (Lipinski definition) is 9. The zero-order valence-corrected chi connectivity index (χ0v) is 18.7. The summed E-state index contributed by atoms with van der Waals surface area (Å²) in [5.41, 5.74) is 1.48. The molecule has 1 aromatic heterocycles. The number of esters is 2. The van der Waals surface area contributed by atoms with Crippen LogP contribution in [0.2, 0.25) is 0 Å². The Bertz CT molecular complexity index is 1260. The number of hydrogen-bond donors (Lipinski definition) is 1. The Balaban J connectivity index is 1.65. The Morgan fingerprint density at radius 1 is 0.971 bits per heavy atom. The third-order valence-corrected chi connectivity index (χ3v) is 5.23. The van der Waals surface area contributed by atoms with Crippen LogP contribution < -0.4 is 15.0 Å². The van der Waals surface area contributed by atoms with Gasteiger partial charge >= 0.3 is 11.9 Å². The third kappa shape index (κ3) is 4.30. The largest absolute Gasteiger partial charge is 0.494 e. The second kappa shape index (κ2) is 9.67. The van der Waals surface area contributed by atoms with Crippen molar-refractivity contribution in [1.29, 1.82) is 0 Å². The lowest BCUT2D eigenvalue weighted by Gasteiger charge is -2.31. The molecule has 10 heteroatoms. The molecule has 4 rings (SSSR count). The molecule has 2 aromatic carbocycles. The number of carbonyl (C=O) groups is 3. The van der Waals surface area contributed by atoms with E-state index in [0.29, 0.717) is 22.7 Å². The highest BCUT2D eigenvalue weighted by molar-refractivity contribution is 6.06. The summed E-state index contributed by atoms with van der Waals surface area (Å²) < 4.78 is 26.2. The van der Waals surface area contributed by atoms with Gasteiger partial charge in [-0.05, 0) is 24.3 Å². The van der Waals surface area contributed by atoms with Crippen LogP contribution >= 0.6 is 0 Å². The summed E-state index contributed by atoms with van der Waals surface area (Å²) >= 11 is 0. The zero-order chi connectivity index (χ0) is 24.2. The number of methoxy groups -OCH3 is 3. The quantitative estimate of drug-likeness (QED) is 0.547. The molecular weight excluding hydrogens is 444 g/mol. The van der Waals surface area contributed by atoms with E-state index in [1.54, 1.807) is 30.3 Å². The Morgan fingerprint density at radius 3 is 2.44 bits per heavy atom. The van der Waals surface area contributed by atoms with Crippen LogP contribution in [0.1, 0.15) is 10.6 Å². The molecule has 0 bridgehead atoms. The van der Waals surface area contributed by atoms with Gasteiger partial charge in [0.25, 0.3) is 5.91 Å². The van der Waals surface area contributed by atoms with E-state index in [1.165, 1.54) is 26.2 Å². The number of amides is 1. The second-order valence-corrected chi connectivity index (χ2v) is 7.20. The van der Waals surface area contributed by atoms with Crippen LogP contribution in [0.5, 0.6) is 5.75 Å². The molecular formula is C24H22N2O8. The minimum atomic E-state index is -0.718. The first-order chi connectivity index (χ1) is 16.5. The number of rotatable bonds is 6. The smallest absolute Gasteiger partial charge is 0.355 e. The minimum Gasteiger partial charge on any atom is -0.494 e. The van der Waals surface area contributed by atoms with Gasteiger partial charge in [0.05, 0.1) is 39.2 Å². The highest BCUT2D eigenvalue weighted by Gasteiger charge is 2.32. The molecule has 0 atom stereocenters. The van der Waals surface area contributed by atoms with Crippen LogP contribution in [-0.4, -0.2) is 52.5 Å². The van der Waals surface area contributed by atoms with Gasteiger partial charge in [-0.3, -0.25) is 4.79 Å². The molecule has 0 fully saturated rings. The van der Waals surface area contributed by atoms with Gasteiger partial charge in [-0.15, -0.1) is 0 Å². The Kier molecular flexibility index (Phi) is 6.51. The normalized spacial score (nSPS) is 13.6. The highest BCUT2D eigenvalue weighted by Crippen LogP contribution is 2.34. The van der Waals surface area contributed by atoms with Gasteiger partial charge in [0.1, 0.15) is 23.8 Å². The van der Waals surface area contributed by atoms with Crippen LogP contribution in [-0.2, 0) is 23.8 Å². The van der Waals surface area contributed by atoms with Crippen molar-refractivity contribution in [2.75, 3.05) is 44.9 Å². The Labute approximate surface area is 194 Å². The first kappa shape index (κ1) is 22.9. The summed E-state index contributed by atoms with van der Waals surface area (Å²) in [5, 5.41) is 3.57. The predicted octanol–water partition coefficient (Wildman–Crippen LogP) is 3.09. The van der Waals surface area contributed by atoms with E-state index in [-0.39, 0.29) is 30.4 Å². The maximum atomic E-state index is 12.8. The lowest BCUT2D eigenvalue weighted by molar-refractivity contribution is -0.140. The summed E-state index contributed by atoms with van der Waals surface area (Å²) in [4.78, 5) is 38.9. The summed E-state index contributed by atoms with van der Waals surface area (Å²) in [6, 6.07) is 13.8. The van der Waals surface area contributed by atoms with Crippen molar-refractivity contribution in [1.82, 2.24) is 0 Å². The molecule has 0 saturated heterocycles. The monoisotopic (exact) mass is 466 g/mol. The van der Waals surface area contributed by atoms with Crippen molar-refractivity contribution < 1.29 is 37.7 Å². The minimum absolute atomic E-state index is 0.00159. The maximum absolute atomic E-state index is 12.8. The molecule has 2 heterocycles. The molecule has 0 saturated carbocycles. The average molecular weight is 466 g/mol. The standard InChI is InChI=1S/C24H22N2O8/c1-30-19-11-15(26-13-33-12-16(23(28)31-2)21(26)24(29)32-3)8-9-17(19)25-22(27)20-10-14-6-4-5-7-18(14)34-20/h4-11H,12-13H2,1-3H3,(H,25,27). The van der Waals surface area contributed by atoms with Gasteiger partial charge in [0.2, 0.25) is 0 Å². The van der Waals surface area contributed by atoms with Crippen LogP contribution in [0.4, 0.5) is 11.4 Å². The number of anilines is 2. The molecule has 3 aromatic rings. The van der Waals surface area contributed by atoms with Crippen LogP contribution in [0.3, 0.4) is 0 Å². The lowest BCUT2D eigenvalue weighted by atomic mass is 10.1. The van der Waals surface area contributed by atoms with E-state index >= 15 is 0 Å². The fourth-order valence-corrected chi connectivity index (χ4v) is 3.58. The number of para-hydroxylation sites is 1. The Hall–Kier alpha value is -4.31. The highest BCUT2D eigenvalue weighted by atomic mass is 16.5. The molecule has 0 aliphatic carbocycles. The number of benzene rings is 2. The summed E-state index contributed by atoms with van der Waals surface area (Å²) in [5.74, 6) is -1.41. The lowest BCUT2D eigenvalue weighted by Crippen LogP contribution is -2.38.